The highest BCUT2D eigenvalue weighted by molar-refractivity contribution is 5.89. The van der Waals surface area contributed by atoms with E-state index in [0.29, 0.717) is 0 Å². The van der Waals surface area contributed by atoms with Crippen LogP contribution in [0.15, 0.2) is 18.2 Å². The van der Waals surface area contributed by atoms with Crippen LogP contribution in [-0.4, -0.2) is 12.5 Å². The summed E-state index contributed by atoms with van der Waals surface area (Å²) in [5.74, 6) is 0.768. The average Bonchev–Trinajstić information content (AvgIpc) is 2.67. The number of benzene rings is 1. The lowest BCUT2D eigenvalue weighted by atomic mass is 10.00. The number of nitrogens with one attached hydrogen (secondary N) is 2. The monoisotopic (exact) mass is 274 g/mol. The van der Waals surface area contributed by atoms with Crippen LogP contribution in [0.2, 0.25) is 0 Å². The molecular weight excluding hydrogens is 248 g/mol. The van der Waals surface area contributed by atoms with Crippen LogP contribution >= 0.6 is 0 Å². The number of hydrogen-bond donors (Lipinski definition) is 2. The van der Waals surface area contributed by atoms with Crippen LogP contribution in [0, 0.1) is 12.8 Å². The van der Waals surface area contributed by atoms with Gasteiger partial charge in [0.05, 0.1) is 0 Å². The Balaban J connectivity index is 1.95. The van der Waals surface area contributed by atoms with Crippen molar-refractivity contribution in [2.45, 2.75) is 52.4 Å². The van der Waals surface area contributed by atoms with E-state index < -0.39 is 0 Å². The van der Waals surface area contributed by atoms with Gasteiger partial charge in [-0.05, 0) is 43.4 Å². The summed E-state index contributed by atoms with van der Waals surface area (Å²) in [7, 11) is 0. The highest BCUT2D eigenvalue weighted by Gasteiger charge is 2.12. The highest BCUT2D eigenvalue weighted by Crippen LogP contribution is 2.25. The van der Waals surface area contributed by atoms with E-state index >= 15 is 0 Å². The third-order valence-corrected chi connectivity index (χ3v) is 4.11. The maximum Gasteiger partial charge on any atom is 0.221 e. The topological polar surface area (TPSA) is 41.1 Å². The molecule has 0 unspecified atom stereocenters. The molecule has 0 heterocycles. The molecule has 0 aliphatic heterocycles. The van der Waals surface area contributed by atoms with Crippen LogP contribution in [0.25, 0.3) is 0 Å². The number of amides is 1. The van der Waals surface area contributed by atoms with E-state index in [0.717, 1.165) is 23.8 Å². The van der Waals surface area contributed by atoms with Crippen molar-refractivity contribution >= 4 is 17.3 Å². The van der Waals surface area contributed by atoms with Crippen LogP contribution in [0.3, 0.4) is 0 Å². The molecule has 0 bridgehead atoms. The lowest BCUT2D eigenvalue weighted by Crippen LogP contribution is -2.14. The van der Waals surface area contributed by atoms with Gasteiger partial charge in [-0.3, -0.25) is 4.79 Å². The molecular formula is C17H26N2O. The molecule has 1 saturated carbocycles. The van der Waals surface area contributed by atoms with Gasteiger partial charge in [-0.25, -0.2) is 0 Å². The first-order valence-corrected chi connectivity index (χ1v) is 7.77. The first kappa shape index (κ1) is 14.9. The maximum atomic E-state index is 11.1. The second-order valence-corrected chi connectivity index (χ2v) is 5.95. The van der Waals surface area contributed by atoms with Crippen LogP contribution in [0.4, 0.5) is 11.4 Å². The zero-order chi connectivity index (χ0) is 14.4. The van der Waals surface area contributed by atoms with Crippen molar-refractivity contribution in [2.75, 3.05) is 17.2 Å². The molecule has 0 spiro atoms. The fourth-order valence-corrected chi connectivity index (χ4v) is 2.92. The predicted octanol–water partition coefficient (Wildman–Crippen LogP) is 4.34. The lowest BCUT2D eigenvalue weighted by Gasteiger charge is -2.17. The summed E-state index contributed by atoms with van der Waals surface area (Å²) < 4.78 is 0. The van der Waals surface area contributed by atoms with E-state index in [1.54, 1.807) is 6.92 Å². The van der Waals surface area contributed by atoms with E-state index in [-0.39, 0.29) is 5.91 Å². The van der Waals surface area contributed by atoms with Crippen LogP contribution in [0.1, 0.15) is 51.0 Å². The third-order valence-electron chi connectivity index (χ3n) is 4.11. The molecule has 1 aromatic carbocycles. The number of carbonyl (C=O) groups excluding carboxylic acids is 1. The normalized spacial score (nSPS) is 16.5. The van der Waals surface area contributed by atoms with Gasteiger partial charge in [0.15, 0.2) is 0 Å². The Morgan fingerprint density at radius 1 is 1.20 bits per heavy atom. The van der Waals surface area contributed by atoms with Gasteiger partial charge in [-0.2, -0.15) is 0 Å². The molecule has 0 atom stereocenters. The van der Waals surface area contributed by atoms with E-state index in [1.807, 2.05) is 12.1 Å². The summed E-state index contributed by atoms with van der Waals surface area (Å²) in [6.45, 7) is 4.69. The van der Waals surface area contributed by atoms with Gasteiger partial charge in [0, 0.05) is 24.8 Å². The van der Waals surface area contributed by atoms with Gasteiger partial charge in [0.1, 0.15) is 0 Å². The molecule has 1 aromatic rings. The number of hydrogen-bond acceptors (Lipinski definition) is 2. The molecule has 2 rings (SSSR count). The van der Waals surface area contributed by atoms with Gasteiger partial charge < -0.3 is 10.6 Å². The summed E-state index contributed by atoms with van der Waals surface area (Å²) in [5, 5.41) is 6.41. The summed E-state index contributed by atoms with van der Waals surface area (Å²) in [6.07, 6.45) is 8.23. The van der Waals surface area contributed by atoms with E-state index in [1.165, 1.54) is 44.1 Å². The Morgan fingerprint density at radius 3 is 2.55 bits per heavy atom. The first-order chi connectivity index (χ1) is 9.65. The molecule has 2 N–H and O–H groups in total. The quantitative estimate of drug-likeness (QED) is 0.802. The Labute approximate surface area is 122 Å². The molecule has 1 aliphatic carbocycles. The van der Waals surface area contributed by atoms with Crippen molar-refractivity contribution in [3.05, 3.63) is 23.8 Å². The fourth-order valence-electron chi connectivity index (χ4n) is 2.92. The summed E-state index contributed by atoms with van der Waals surface area (Å²) in [4.78, 5) is 11.1. The van der Waals surface area contributed by atoms with Crippen molar-refractivity contribution in [3.8, 4) is 0 Å². The average molecular weight is 274 g/mol. The largest absolute Gasteiger partial charge is 0.384 e. The standard InChI is InChI=1S/C17H26N2O/c1-13-9-10-16(19-14(2)20)11-17(13)18-12-15-7-5-3-4-6-8-15/h9-11,15,18H,3-8,12H2,1-2H3,(H,19,20). The Kier molecular flexibility index (Phi) is 5.45. The van der Waals surface area contributed by atoms with Crippen LogP contribution in [-0.2, 0) is 4.79 Å². The summed E-state index contributed by atoms with van der Waals surface area (Å²) >= 11 is 0. The van der Waals surface area contributed by atoms with E-state index in [9.17, 15) is 4.79 Å². The van der Waals surface area contributed by atoms with Crippen molar-refractivity contribution in [1.29, 1.82) is 0 Å². The van der Waals surface area contributed by atoms with Gasteiger partial charge in [-0.15, -0.1) is 0 Å². The zero-order valence-electron chi connectivity index (χ0n) is 12.7. The molecule has 3 heteroatoms. The summed E-state index contributed by atoms with van der Waals surface area (Å²) in [5.41, 5.74) is 3.24. The maximum absolute atomic E-state index is 11.1. The second kappa shape index (κ2) is 7.32. The molecule has 0 radical (unpaired) electrons. The van der Waals surface area contributed by atoms with Crippen molar-refractivity contribution in [1.82, 2.24) is 0 Å². The smallest absolute Gasteiger partial charge is 0.221 e. The molecule has 110 valence electrons. The first-order valence-electron chi connectivity index (χ1n) is 7.77. The molecule has 1 fully saturated rings. The second-order valence-electron chi connectivity index (χ2n) is 5.95. The molecule has 1 amide bonds. The van der Waals surface area contributed by atoms with Gasteiger partial charge in [0.25, 0.3) is 0 Å². The molecule has 1 aliphatic rings. The lowest BCUT2D eigenvalue weighted by molar-refractivity contribution is -0.114. The summed E-state index contributed by atoms with van der Waals surface area (Å²) in [6, 6.07) is 6.04. The Bertz CT molecular complexity index is 448. The van der Waals surface area contributed by atoms with Crippen molar-refractivity contribution in [3.63, 3.8) is 0 Å². The Hall–Kier alpha value is -1.51. The van der Waals surface area contributed by atoms with E-state index in [4.69, 9.17) is 0 Å². The molecule has 3 nitrogen and oxygen atoms in total. The van der Waals surface area contributed by atoms with Crippen molar-refractivity contribution in [2.24, 2.45) is 5.92 Å². The zero-order valence-corrected chi connectivity index (χ0v) is 12.7. The predicted molar refractivity (Wildman–Crippen MR) is 85.2 cm³/mol. The molecule has 20 heavy (non-hydrogen) atoms. The molecule has 0 saturated heterocycles. The minimum absolute atomic E-state index is 0.0245. The fraction of sp³-hybridized carbons (Fsp3) is 0.588. The van der Waals surface area contributed by atoms with Crippen LogP contribution < -0.4 is 10.6 Å². The number of aryl methyl sites for hydroxylation is 1. The molecule has 0 aromatic heterocycles. The van der Waals surface area contributed by atoms with Gasteiger partial charge in [-0.1, -0.05) is 31.7 Å². The minimum Gasteiger partial charge on any atom is -0.384 e. The highest BCUT2D eigenvalue weighted by atomic mass is 16.1. The minimum atomic E-state index is -0.0245. The number of rotatable bonds is 4. The van der Waals surface area contributed by atoms with Gasteiger partial charge >= 0.3 is 0 Å². The number of carbonyl (C=O) groups is 1. The van der Waals surface area contributed by atoms with Crippen LogP contribution in [0.5, 0.6) is 0 Å². The Morgan fingerprint density at radius 2 is 1.90 bits per heavy atom. The SMILES string of the molecule is CC(=O)Nc1ccc(C)c(NCC2CCCCCC2)c1. The third kappa shape index (κ3) is 4.55. The van der Waals surface area contributed by atoms with Crippen molar-refractivity contribution < 1.29 is 4.79 Å². The van der Waals surface area contributed by atoms with Gasteiger partial charge in [0.2, 0.25) is 5.91 Å². The van der Waals surface area contributed by atoms with E-state index in [2.05, 4.69) is 23.6 Å². The number of anilines is 2.